The van der Waals surface area contributed by atoms with E-state index in [4.69, 9.17) is 21.1 Å². The highest BCUT2D eigenvalue weighted by Gasteiger charge is 2.18. The van der Waals surface area contributed by atoms with Crippen molar-refractivity contribution < 1.29 is 14.3 Å². The number of benzene rings is 2. The lowest BCUT2D eigenvalue weighted by Crippen LogP contribution is -2.20. The SMILES string of the molecule is COc1ccccc1NC(=O)C(C#N)=Cc1c(Oc2ccc(Cl)cc2)nc2ccccn2c1=O. The first kappa shape index (κ1) is 22.6. The van der Waals surface area contributed by atoms with Gasteiger partial charge >= 0.3 is 0 Å². The minimum absolute atomic E-state index is 0.0589. The molecule has 0 unspecified atom stereocenters. The number of para-hydroxylation sites is 2. The quantitative estimate of drug-likeness (QED) is 0.322. The van der Waals surface area contributed by atoms with E-state index >= 15 is 0 Å². The summed E-state index contributed by atoms with van der Waals surface area (Å²) in [6, 6.07) is 20.1. The Bertz CT molecular complexity index is 1500. The number of hydrogen-bond donors (Lipinski definition) is 1. The lowest BCUT2D eigenvalue weighted by molar-refractivity contribution is -0.112. The summed E-state index contributed by atoms with van der Waals surface area (Å²) in [6.45, 7) is 0. The highest BCUT2D eigenvalue weighted by atomic mass is 35.5. The fourth-order valence-corrected chi connectivity index (χ4v) is 3.25. The Labute approximate surface area is 199 Å². The van der Waals surface area contributed by atoms with Gasteiger partial charge in [0.1, 0.15) is 34.4 Å². The lowest BCUT2D eigenvalue weighted by Gasteiger charge is -2.11. The third kappa shape index (κ3) is 4.75. The highest BCUT2D eigenvalue weighted by molar-refractivity contribution is 6.30. The Morgan fingerprint density at radius 2 is 1.85 bits per heavy atom. The van der Waals surface area contributed by atoms with Crippen molar-refractivity contribution in [2.45, 2.75) is 0 Å². The van der Waals surface area contributed by atoms with Crippen LogP contribution in [0.25, 0.3) is 11.7 Å². The molecule has 0 saturated carbocycles. The molecule has 9 heteroatoms. The van der Waals surface area contributed by atoms with Gasteiger partial charge in [-0.3, -0.25) is 14.0 Å². The number of nitrogens with zero attached hydrogens (tertiary/aromatic N) is 3. The van der Waals surface area contributed by atoms with Gasteiger partial charge in [-0.25, -0.2) is 0 Å². The largest absolute Gasteiger partial charge is 0.495 e. The third-order valence-electron chi connectivity index (χ3n) is 4.77. The molecule has 0 fully saturated rings. The predicted octanol–water partition coefficient (Wildman–Crippen LogP) is 4.69. The van der Waals surface area contributed by atoms with Crippen LogP contribution >= 0.6 is 11.6 Å². The number of hydrogen-bond acceptors (Lipinski definition) is 6. The van der Waals surface area contributed by atoms with E-state index < -0.39 is 11.5 Å². The maximum Gasteiger partial charge on any atom is 0.269 e. The fourth-order valence-electron chi connectivity index (χ4n) is 3.13. The van der Waals surface area contributed by atoms with Crippen LogP contribution in [0.2, 0.25) is 5.02 Å². The van der Waals surface area contributed by atoms with E-state index in [1.165, 1.54) is 17.7 Å². The van der Waals surface area contributed by atoms with Gasteiger partial charge in [-0.2, -0.15) is 10.2 Å². The predicted molar refractivity (Wildman–Crippen MR) is 128 cm³/mol. The van der Waals surface area contributed by atoms with E-state index in [2.05, 4.69) is 10.3 Å². The number of nitriles is 1. The molecule has 2 heterocycles. The van der Waals surface area contributed by atoms with E-state index in [0.29, 0.717) is 27.9 Å². The molecular weight excluding hydrogens is 456 g/mol. The Hall–Kier alpha value is -4.61. The van der Waals surface area contributed by atoms with Gasteiger partial charge in [0.05, 0.1) is 12.8 Å². The van der Waals surface area contributed by atoms with Gasteiger partial charge in [-0.15, -0.1) is 0 Å². The topological polar surface area (TPSA) is 106 Å². The van der Waals surface area contributed by atoms with Crippen molar-refractivity contribution in [1.82, 2.24) is 9.38 Å². The van der Waals surface area contributed by atoms with Gasteiger partial charge in [-0.1, -0.05) is 29.8 Å². The Morgan fingerprint density at radius 1 is 1.12 bits per heavy atom. The third-order valence-corrected chi connectivity index (χ3v) is 5.02. The molecule has 1 N–H and O–H groups in total. The molecule has 0 aliphatic heterocycles. The molecule has 34 heavy (non-hydrogen) atoms. The second-order valence-corrected chi connectivity index (χ2v) is 7.38. The van der Waals surface area contributed by atoms with Gasteiger partial charge in [0.25, 0.3) is 11.5 Å². The maximum atomic E-state index is 13.2. The molecule has 2 aromatic heterocycles. The average molecular weight is 473 g/mol. The Morgan fingerprint density at radius 3 is 2.59 bits per heavy atom. The summed E-state index contributed by atoms with van der Waals surface area (Å²) < 4.78 is 12.4. The molecule has 0 aliphatic carbocycles. The fraction of sp³-hybridized carbons (Fsp3) is 0.0400. The van der Waals surface area contributed by atoms with Crippen LogP contribution in [-0.4, -0.2) is 22.4 Å². The number of methoxy groups -OCH3 is 1. The van der Waals surface area contributed by atoms with Crippen molar-refractivity contribution in [3.8, 4) is 23.4 Å². The summed E-state index contributed by atoms with van der Waals surface area (Å²) in [4.78, 5) is 30.5. The van der Waals surface area contributed by atoms with Gasteiger partial charge in [0.15, 0.2) is 0 Å². The zero-order valence-electron chi connectivity index (χ0n) is 17.9. The van der Waals surface area contributed by atoms with Crippen molar-refractivity contribution in [1.29, 1.82) is 5.26 Å². The molecule has 2 aromatic carbocycles. The zero-order chi connectivity index (χ0) is 24.1. The summed E-state index contributed by atoms with van der Waals surface area (Å²) in [5, 5.41) is 12.8. The number of amides is 1. The molecular formula is C25H17ClN4O4. The standard InChI is InChI=1S/C25H17ClN4O4/c1-33-21-7-3-2-6-20(21)28-23(31)16(15-27)14-19-24(34-18-11-9-17(26)10-12-18)29-22-8-4-5-13-30(22)25(19)32/h2-14H,1H3,(H,28,31). The Balaban J connectivity index is 1.79. The molecule has 4 aromatic rings. The number of fused-ring (bicyclic) bond motifs is 1. The first-order chi connectivity index (χ1) is 16.5. The normalized spacial score (nSPS) is 11.0. The summed E-state index contributed by atoms with van der Waals surface area (Å²) in [5.74, 6) is 0.0221. The van der Waals surface area contributed by atoms with E-state index in [9.17, 15) is 14.9 Å². The van der Waals surface area contributed by atoms with Crippen LogP contribution in [0.15, 0.2) is 83.3 Å². The lowest BCUT2D eigenvalue weighted by atomic mass is 10.1. The number of anilines is 1. The van der Waals surface area contributed by atoms with Crippen LogP contribution in [0.4, 0.5) is 5.69 Å². The Kier molecular flexibility index (Phi) is 6.57. The first-order valence-corrected chi connectivity index (χ1v) is 10.4. The van der Waals surface area contributed by atoms with Crippen LogP contribution in [0.1, 0.15) is 5.56 Å². The minimum Gasteiger partial charge on any atom is -0.495 e. The zero-order valence-corrected chi connectivity index (χ0v) is 18.6. The van der Waals surface area contributed by atoms with Crippen LogP contribution in [0, 0.1) is 11.3 Å². The van der Waals surface area contributed by atoms with Crippen LogP contribution < -0.4 is 20.3 Å². The van der Waals surface area contributed by atoms with Crippen molar-refractivity contribution in [2.75, 3.05) is 12.4 Å². The first-order valence-electron chi connectivity index (χ1n) is 10.0. The van der Waals surface area contributed by atoms with Crippen LogP contribution in [0.5, 0.6) is 17.4 Å². The summed E-state index contributed by atoms with van der Waals surface area (Å²) in [5.41, 5.74) is -0.174. The van der Waals surface area contributed by atoms with Crippen molar-refractivity contribution >= 4 is 34.9 Å². The van der Waals surface area contributed by atoms with Crippen molar-refractivity contribution in [3.05, 3.63) is 99.4 Å². The number of rotatable bonds is 6. The van der Waals surface area contributed by atoms with E-state index in [0.717, 1.165) is 6.08 Å². The number of ether oxygens (including phenoxy) is 2. The minimum atomic E-state index is -0.720. The molecule has 0 aliphatic rings. The van der Waals surface area contributed by atoms with Gasteiger partial charge in [0, 0.05) is 11.2 Å². The smallest absolute Gasteiger partial charge is 0.269 e. The second-order valence-electron chi connectivity index (χ2n) is 6.94. The molecule has 0 atom stereocenters. The van der Waals surface area contributed by atoms with Crippen LogP contribution in [-0.2, 0) is 4.79 Å². The number of carbonyl (C=O) groups excluding carboxylic acids is 1. The molecule has 8 nitrogen and oxygen atoms in total. The molecule has 0 bridgehead atoms. The summed E-state index contributed by atoms with van der Waals surface area (Å²) in [6.07, 6.45) is 2.69. The van der Waals surface area contributed by atoms with Gasteiger partial charge < -0.3 is 14.8 Å². The number of halogens is 1. The van der Waals surface area contributed by atoms with Crippen molar-refractivity contribution in [2.24, 2.45) is 0 Å². The average Bonchev–Trinajstić information content (AvgIpc) is 2.85. The molecule has 0 saturated heterocycles. The van der Waals surface area contributed by atoms with Crippen molar-refractivity contribution in [3.63, 3.8) is 0 Å². The van der Waals surface area contributed by atoms with E-state index in [-0.39, 0.29) is 17.0 Å². The molecule has 1 amide bonds. The second kappa shape index (κ2) is 9.90. The number of pyridine rings is 1. The molecule has 0 radical (unpaired) electrons. The number of nitrogens with one attached hydrogen (secondary N) is 1. The van der Waals surface area contributed by atoms with Crippen LogP contribution in [0.3, 0.4) is 0 Å². The molecule has 4 rings (SSSR count). The molecule has 168 valence electrons. The summed E-state index contributed by atoms with van der Waals surface area (Å²) >= 11 is 5.94. The van der Waals surface area contributed by atoms with E-state index in [1.807, 2.05) is 6.07 Å². The van der Waals surface area contributed by atoms with Gasteiger partial charge in [0.2, 0.25) is 5.88 Å². The maximum absolute atomic E-state index is 13.2. The van der Waals surface area contributed by atoms with E-state index in [1.54, 1.807) is 66.7 Å². The number of carbonyl (C=O) groups is 1. The molecule has 0 spiro atoms. The monoisotopic (exact) mass is 472 g/mol. The highest BCUT2D eigenvalue weighted by Crippen LogP contribution is 2.26. The summed E-state index contributed by atoms with van der Waals surface area (Å²) in [7, 11) is 1.47. The van der Waals surface area contributed by atoms with Gasteiger partial charge in [-0.05, 0) is 54.6 Å². The number of aromatic nitrogens is 2.